The average molecular weight is 366 g/mol. The molecule has 0 bridgehead atoms. The molecule has 0 aliphatic carbocycles. The molecule has 0 spiro atoms. The van der Waals surface area contributed by atoms with Crippen LogP contribution in [0.15, 0.2) is 27.6 Å². The van der Waals surface area contributed by atoms with E-state index in [2.05, 4.69) is 15.9 Å². The molecular weight excluding hydrogens is 349 g/mol. The second-order valence-electron chi connectivity index (χ2n) is 4.66. The zero-order chi connectivity index (χ0) is 14.8. The third-order valence-electron chi connectivity index (χ3n) is 3.26. The minimum Gasteiger partial charge on any atom is -0.377 e. The van der Waals surface area contributed by atoms with Gasteiger partial charge >= 0.3 is 0 Å². The predicted molar refractivity (Wildman–Crippen MR) is 77.5 cm³/mol. The van der Waals surface area contributed by atoms with Crippen LogP contribution < -0.4 is 0 Å². The van der Waals surface area contributed by atoms with E-state index in [1.54, 1.807) is 0 Å². The SMILES string of the molecule is CCOC1CCCN(S(=O)(=O)c2ccc(F)cc2Br)C1. The molecule has 0 N–H and O–H groups in total. The Kier molecular flexibility index (Phi) is 5.17. The Hall–Kier alpha value is -0.500. The summed E-state index contributed by atoms with van der Waals surface area (Å²) in [7, 11) is -3.62. The maximum atomic E-state index is 13.1. The van der Waals surface area contributed by atoms with E-state index in [-0.39, 0.29) is 15.5 Å². The number of benzene rings is 1. The molecule has 0 amide bonds. The molecule has 7 heteroatoms. The van der Waals surface area contributed by atoms with Gasteiger partial charge in [-0.2, -0.15) is 4.31 Å². The van der Waals surface area contributed by atoms with Crippen LogP contribution >= 0.6 is 15.9 Å². The van der Waals surface area contributed by atoms with Gasteiger partial charge in [-0.15, -0.1) is 0 Å². The smallest absolute Gasteiger partial charge is 0.244 e. The third-order valence-corrected chi connectivity index (χ3v) is 6.10. The van der Waals surface area contributed by atoms with E-state index in [1.807, 2.05) is 6.92 Å². The summed E-state index contributed by atoms with van der Waals surface area (Å²) >= 11 is 3.12. The van der Waals surface area contributed by atoms with Crippen molar-refractivity contribution in [1.29, 1.82) is 0 Å². The molecule has 1 saturated heterocycles. The lowest BCUT2D eigenvalue weighted by atomic mass is 10.1. The highest BCUT2D eigenvalue weighted by Crippen LogP contribution is 2.28. The van der Waals surface area contributed by atoms with Crippen molar-refractivity contribution in [3.05, 3.63) is 28.5 Å². The van der Waals surface area contributed by atoms with Gasteiger partial charge in [0.2, 0.25) is 10.0 Å². The first-order valence-corrected chi connectivity index (χ1v) is 8.75. The lowest BCUT2D eigenvalue weighted by molar-refractivity contribution is 0.0265. The van der Waals surface area contributed by atoms with Crippen molar-refractivity contribution in [1.82, 2.24) is 4.31 Å². The molecule has 0 radical (unpaired) electrons. The number of nitrogens with zero attached hydrogens (tertiary/aromatic N) is 1. The normalized spacial score (nSPS) is 21.1. The predicted octanol–water partition coefficient (Wildman–Crippen LogP) is 2.78. The van der Waals surface area contributed by atoms with Crippen molar-refractivity contribution in [3.8, 4) is 0 Å². The first-order valence-electron chi connectivity index (χ1n) is 6.52. The Morgan fingerprint density at radius 1 is 1.50 bits per heavy atom. The number of ether oxygens (including phenoxy) is 1. The number of sulfonamides is 1. The monoisotopic (exact) mass is 365 g/mol. The van der Waals surface area contributed by atoms with Crippen LogP contribution in [0.3, 0.4) is 0 Å². The van der Waals surface area contributed by atoms with E-state index >= 15 is 0 Å². The minimum absolute atomic E-state index is 0.0669. The van der Waals surface area contributed by atoms with E-state index in [4.69, 9.17) is 4.74 Å². The van der Waals surface area contributed by atoms with Crippen LogP contribution in [0.2, 0.25) is 0 Å². The van der Waals surface area contributed by atoms with Gasteiger partial charge < -0.3 is 4.74 Å². The van der Waals surface area contributed by atoms with Crippen LogP contribution in [0.5, 0.6) is 0 Å². The van der Waals surface area contributed by atoms with Crippen molar-refractivity contribution >= 4 is 26.0 Å². The Morgan fingerprint density at radius 3 is 2.90 bits per heavy atom. The van der Waals surface area contributed by atoms with Crippen molar-refractivity contribution < 1.29 is 17.5 Å². The molecule has 1 aliphatic rings. The molecule has 2 rings (SSSR count). The van der Waals surface area contributed by atoms with Crippen molar-refractivity contribution in [2.45, 2.75) is 30.8 Å². The summed E-state index contributed by atoms with van der Waals surface area (Å²) in [6.07, 6.45) is 1.57. The summed E-state index contributed by atoms with van der Waals surface area (Å²) in [4.78, 5) is 0.0936. The van der Waals surface area contributed by atoms with Gasteiger partial charge in [0, 0.05) is 24.2 Å². The number of hydrogen-bond donors (Lipinski definition) is 0. The molecule has 112 valence electrons. The van der Waals surface area contributed by atoms with Gasteiger partial charge in [-0.05, 0) is 53.9 Å². The Morgan fingerprint density at radius 2 is 2.25 bits per heavy atom. The standard InChI is InChI=1S/C13H17BrFNO3S/c1-2-19-11-4-3-7-16(9-11)20(17,18)13-6-5-10(15)8-12(13)14/h5-6,8,11H,2-4,7,9H2,1H3. The molecular formula is C13H17BrFNO3S. The first-order chi connectivity index (χ1) is 9.45. The van der Waals surface area contributed by atoms with Gasteiger partial charge in [0.1, 0.15) is 5.82 Å². The third kappa shape index (κ3) is 3.39. The summed E-state index contributed by atoms with van der Waals surface area (Å²) in [6.45, 7) is 3.28. The summed E-state index contributed by atoms with van der Waals surface area (Å²) in [6, 6.07) is 3.61. The van der Waals surface area contributed by atoms with Crippen LogP contribution in [-0.4, -0.2) is 38.5 Å². The quantitative estimate of drug-likeness (QED) is 0.823. The minimum atomic E-state index is -3.62. The number of halogens is 2. The summed E-state index contributed by atoms with van der Waals surface area (Å²) in [5.41, 5.74) is 0. The van der Waals surface area contributed by atoms with Crippen LogP contribution in [0.1, 0.15) is 19.8 Å². The van der Waals surface area contributed by atoms with Gasteiger partial charge in [0.05, 0.1) is 11.0 Å². The first kappa shape index (κ1) is 15.9. The van der Waals surface area contributed by atoms with E-state index in [0.717, 1.165) is 25.0 Å². The fraction of sp³-hybridized carbons (Fsp3) is 0.538. The molecule has 20 heavy (non-hydrogen) atoms. The molecule has 0 aromatic heterocycles. The van der Waals surface area contributed by atoms with Crippen molar-refractivity contribution in [2.75, 3.05) is 19.7 Å². The Balaban J connectivity index is 2.25. The molecule has 1 aromatic carbocycles. The van der Waals surface area contributed by atoms with Crippen molar-refractivity contribution in [3.63, 3.8) is 0 Å². The number of rotatable bonds is 4. The molecule has 4 nitrogen and oxygen atoms in total. The Bertz CT molecular complexity index is 577. The summed E-state index contributed by atoms with van der Waals surface area (Å²) in [5.74, 6) is -0.471. The lowest BCUT2D eigenvalue weighted by Gasteiger charge is -2.31. The zero-order valence-corrected chi connectivity index (χ0v) is 13.6. The molecule has 0 saturated carbocycles. The van der Waals surface area contributed by atoms with Crippen LogP contribution in [0.25, 0.3) is 0 Å². The average Bonchev–Trinajstić information content (AvgIpc) is 2.39. The van der Waals surface area contributed by atoms with Crippen LogP contribution in [-0.2, 0) is 14.8 Å². The second kappa shape index (κ2) is 6.51. The van der Waals surface area contributed by atoms with Gasteiger partial charge in [-0.3, -0.25) is 0 Å². The van der Waals surface area contributed by atoms with E-state index in [9.17, 15) is 12.8 Å². The topological polar surface area (TPSA) is 46.6 Å². The zero-order valence-electron chi connectivity index (χ0n) is 11.2. The molecule has 1 unspecified atom stereocenters. The largest absolute Gasteiger partial charge is 0.377 e. The molecule has 1 atom stereocenters. The van der Waals surface area contributed by atoms with Gasteiger partial charge in [-0.1, -0.05) is 0 Å². The van der Waals surface area contributed by atoms with E-state index in [0.29, 0.717) is 19.7 Å². The molecule has 1 heterocycles. The van der Waals surface area contributed by atoms with Gasteiger partial charge in [-0.25, -0.2) is 12.8 Å². The van der Waals surface area contributed by atoms with Crippen LogP contribution in [0, 0.1) is 5.82 Å². The number of piperidine rings is 1. The highest BCUT2D eigenvalue weighted by Gasteiger charge is 2.31. The maximum Gasteiger partial charge on any atom is 0.244 e. The second-order valence-corrected chi connectivity index (χ2v) is 7.42. The van der Waals surface area contributed by atoms with Gasteiger partial charge in [0.15, 0.2) is 0 Å². The van der Waals surface area contributed by atoms with E-state index in [1.165, 1.54) is 10.4 Å². The number of hydrogen-bond acceptors (Lipinski definition) is 3. The summed E-state index contributed by atoms with van der Waals surface area (Å²) in [5, 5.41) is 0. The summed E-state index contributed by atoms with van der Waals surface area (Å²) < 4.78 is 45.4. The van der Waals surface area contributed by atoms with Gasteiger partial charge in [0.25, 0.3) is 0 Å². The molecule has 1 aromatic rings. The molecule has 1 fully saturated rings. The Labute approximate surface area is 127 Å². The van der Waals surface area contributed by atoms with Crippen molar-refractivity contribution in [2.24, 2.45) is 0 Å². The fourth-order valence-electron chi connectivity index (χ4n) is 2.32. The lowest BCUT2D eigenvalue weighted by Crippen LogP contribution is -2.43. The highest BCUT2D eigenvalue weighted by molar-refractivity contribution is 9.10. The fourth-order valence-corrected chi connectivity index (χ4v) is 4.84. The highest BCUT2D eigenvalue weighted by atomic mass is 79.9. The van der Waals surface area contributed by atoms with E-state index < -0.39 is 15.8 Å². The molecule has 1 aliphatic heterocycles. The van der Waals surface area contributed by atoms with Crippen LogP contribution in [0.4, 0.5) is 4.39 Å². The maximum absolute atomic E-state index is 13.1.